The molecule has 0 aliphatic carbocycles. The Morgan fingerprint density at radius 1 is 1.10 bits per heavy atom. The third-order valence-corrected chi connectivity index (χ3v) is 5.43. The molecular weight excluding hydrogens is 408 g/mol. The van der Waals surface area contributed by atoms with Gasteiger partial charge < -0.3 is 10.6 Å². The number of nitrogens with one attached hydrogen (secondary N) is 2. The number of nitrogens with zero attached hydrogens (tertiary/aromatic N) is 2. The third-order valence-electron chi connectivity index (χ3n) is 4.22. The molecule has 2 aromatic carbocycles. The molecule has 3 rings (SSSR count). The summed E-state index contributed by atoms with van der Waals surface area (Å²) < 4.78 is 0. The number of halogens is 1. The van der Waals surface area contributed by atoms with Gasteiger partial charge in [0.25, 0.3) is 5.91 Å². The van der Waals surface area contributed by atoms with Gasteiger partial charge in [0.2, 0.25) is 10.9 Å². The van der Waals surface area contributed by atoms with Gasteiger partial charge in [-0.2, -0.15) is 0 Å². The lowest BCUT2D eigenvalue weighted by molar-refractivity contribution is -0.121. The van der Waals surface area contributed by atoms with E-state index in [4.69, 9.17) is 11.6 Å². The number of carbonyl (C=O) groups is 2. The summed E-state index contributed by atoms with van der Waals surface area (Å²) in [5.41, 5.74) is 1.67. The molecule has 29 heavy (non-hydrogen) atoms. The van der Waals surface area contributed by atoms with Crippen molar-refractivity contribution in [1.29, 1.82) is 0 Å². The van der Waals surface area contributed by atoms with Crippen molar-refractivity contribution in [2.75, 3.05) is 5.32 Å². The summed E-state index contributed by atoms with van der Waals surface area (Å²) in [6.45, 7) is 1.96. The number of aromatic nitrogens is 2. The third kappa shape index (κ3) is 6.37. The van der Waals surface area contributed by atoms with Crippen molar-refractivity contribution in [1.82, 2.24) is 15.5 Å². The van der Waals surface area contributed by atoms with Crippen molar-refractivity contribution < 1.29 is 9.59 Å². The quantitative estimate of drug-likeness (QED) is 0.547. The van der Waals surface area contributed by atoms with Crippen LogP contribution in [-0.4, -0.2) is 22.0 Å². The first-order chi connectivity index (χ1) is 14.0. The van der Waals surface area contributed by atoms with Crippen LogP contribution in [0, 0.1) is 0 Å². The van der Waals surface area contributed by atoms with Gasteiger partial charge >= 0.3 is 0 Å². The van der Waals surface area contributed by atoms with Gasteiger partial charge in [-0.25, -0.2) is 0 Å². The lowest BCUT2D eigenvalue weighted by atomic mass is 10.1. The first-order valence-corrected chi connectivity index (χ1v) is 10.4. The molecule has 8 heteroatoms. The fourth-order valence-corrected chi connectivity index (χ4v) is 3.70. The number of rotatable bonds is 8. The minimum absolute atomic E-state index is 0.00945. The minimum Gasteiger partial charge on any atom is -0.350 e. The van der Waals surface area contributed by atoms with Gasteiger partial charge in [0.15, 0.2) is 0 Å². The molecule has 3 aromatic rings. The van der Waals surface area contributed by atoms with E-state index >= 15 is 0 Å². The number of carbonyl (C=O) groups excluding carboxylic acids is 2. The normalized spacial score (nSPS) is 11.7. The SMILES string of the molecule is C[C@@H](NC(=O)CCCc1nnc(C(=O)Nc2cccc(Cl)c2)s1)c1ccccc1. The summed E-state index contributed by atoms with van der Waals surface area (Å²) in [4.78, 5) is 24.4. The molecule has 6 nitrogen and oxygen atoms in total. The van der Waals surface area contributed by atoms with Crippen molar-refractivity contribution in [2.45, 2.75) is 32.2 Å². The van der Waals surface area contributed by atoms with Crippen LogP contribution in [0.3, 0.4) is 0 Å². The highest BCUT2D eigenvalue weighted by atomic mass is 35.5. The molecule has 0 saturated carbocycles. The van der Waals surface area contributed by atoms with E-state index in [1.807, 2.05) is 37.3 Å². The smallest absolute Gasteiger partial charge is 0.286 e. The molecule has 0 radical (unpaired) electrons. The largest absolute Gasteiger partial charge is 0.350 e. The van der Waals surface area contributed by atoms with E-state index in [-0.39, 0.29) is 22.9 Å². The summed E-state index contributed by atoms with van der Waals surface area (Å²) in [6.07, 6.45) is 1.62. The second kappa shape index (κ2) is 10.1. The average molecular weight is 429 g/mol. The molecule has 0 saturated heterocycles. The van der Waals surface area contributed by atoms with Crippen LogP contribution in [0.15, 0.2) is 54.6 Å². The molecule has 0 unspecified atom stereocenters. The molecule has 0 spiro atoms. The molecule has 2 N–H and O–H groups in total. The van der Waals surface area contributed by atoms with E-state index < -0.39 is 0 Å². The average Bonchev–Trinajstić information content (AvgIpc) is 3.18. The number of aryl methyl sites for hydroxylation is 1. The first-order valence-electron chi connectivity index (χ1n) is 9.25. The van der Waals surface area contributed by atoms with Crippen molar-refractivity contribution in [2.24, 2.45) is 0 Å². The van der Waals surface area contributed by atoms with E-state index in [2.05, 4.69) is 20.8 Å². The Balaban J connectivity index is 1.44. The molecule has 0 aliphatic heterocycles. The zero-order valence-corrected chi connectivity index (χ0v) is 17.5. The number of hydrogen-bond acceptors (Lipinski definition) is 5. The summed E-state index contributed by atoms with van der Waals surface area (Å²) in [7, 11) is 0. The van der Waals surface area contributed by atoms with E-state index in [0.717, 1.165) is 10.6 Å². The fraction of sp³-hybridized carbons (Fsp3) is 0.238. The predicted molar refractivity (Wildman–Crippen MR) is 115 cm³/mol. The Hall–Kier alpha value is -2.77. The molecule has 1 atom stereocenters. The molecular formula is C21H21ClN4O2S. The molecule has 0 aliphatic rings. The molecule has 1 heterocycles. The Morgan fingerprint density at radius 3 is 2.66 bits per heavy atom. The Morgan fingerprint density at radius 2 is 1.90 bits per heavy atom. The van der Waals surface area contributed by atoms with Crippen LogP contribution in [0.4, 0.5) is 5.69 Å². The number of amides is 2. The van der Waals surface area contributed by atoms with Gasteiger partial charge in [-0.05, 0) is 37.1 Å². The maximum Gasteiger partial charge on any atom is 0.286 e. The summed E-state index contributed by atoms with van der Waals surface area (Å²) in [5, 5.41) is 15.3. The van der Waals surface area contributed by atoms with Crippen molar-refractivity contribution in [3.05, 3.63) is 75.2 Å². The van der Waals surface area contributed by atoms with Gasteiger partial charge in [-0.1, -0.05) is 59.3 Å². The predicted octanol–water partition coefficient (Wildman–Crippen LogP) is 4.64. The van der Waals surface area contributed by atoms with Crippen LogP contribution in [-0.2, 0) is 11.2 Å². The molecule has 1 aromatic heterocycles. The summed E-state index contributed by atoms with van der Waals surface area (Å²) in [6, 6.07) is 16.7. The molecule has 0 bridgehead atoms. The highest BCUT2D eigenvalue weighted by molar-refractivity contribution is 7.13. The van der Waals surface area contributed by atoms with Gasteiger partial charge in [-0.3, -0.25) is 9.59 Å². The maximum atomic E-state index is 12.3. The van der Waals surface area contributed by atoms with Crippen LogP contribution >= 0.6 is 22.9 Å². The highest BCUT2D eigenvalue weighted by Crippen LogP contribution is 2.18. The number of hydrogen-bond donors (Lipinski definition) is 2. The lowest BCUT2D eigenvalue weighted by Crippen LogP contribution is -2.26. The highest BCUT2D eigenvalue weighted by Gasteiger charge is 2.14. The van der Waals surface area contributed by atoms with Gasteiger partial charge in [0, 0.05) is 23.6 Å². The Labute approximate surface area is 178 Å². The second-order valence-corrected chi connectivity index (χ2v) is 8.02. The first kappa shape index (κ1) is 21.0. The van der Waals surface area contributed by atoms with Gasteiger partial charge in [0.1, 0.15) is 5.01 Å². The zero-order valence-electron chi connectivity index (χ0n) is 15.9. The second-order valence-electron chi connectivity index (χ2n) is 6.52. The van der Waals surface area contributed by atoms with E-state index in [0.29, 0.717) is 30.0 Å². The van der Waals surface area contributed by atoms with Crippen LogP contribution in [0.5, 0.6) is 0 Å². The van der Waals surface area contributed by atoms with Crippen LogP contribution < -0.4 is 10.6 Å². The van der Waals surface area contributed by atoms with Crippen molar-refractivity contribution in [3.8, 4) is 0 Å². The van der Waals surface area contributed by atoms with E-state index in [1.54, 1.807) is 24.3 Å². The summed E-state index contributed by atoms with van der Waals surface area (Å²) >= 11 is 7.15. The van der Waals surface area contributed by atoms with Crippen LogP contribution in [0.1, 0.15) is 46.2 Å². The standard InChI is InChI=1S/C21H21ClN4O2S/c1-14(15-7-3-2-4-8-15)23-18(27)11-6-12-19-25-26-21(29-19)20(28)24-17-10-5-9-16(22)13-17/h2-5,7-10,13-14H,6,11-12H2,1H3,(H,23,27)(H,24,28)/t14-/m1/s1. The zero-order chi connectivity index (χ0) is 20.6. The molecule has 150 valence electrons. The maximum absolute atomic E-state index is 12.3. The van der Waals surface area contributed by atoms with Gasteiger partial charge in [-0.15, -0.1) is 10.2 Å². The van der Waals surface area contributed by atoms with Crippen molar-refractivity contribution >= 4 is 40.4 Å². The van der Waals surface area contributed by atoms with Gasteiger partial charge in [0.05, 0.1) is 6.04 Å². The minimum atomic E-state index is -0.328. The van der Waals surface area contributed by atoms with Crippen LogP contribution in [0.2, 0.25) is 5.02 Å². The van der Waals surface area contributed by atoms with Crippen LogP contribution in [0.25, 0.3) is 0 Å². The van der Waals surface area contributed by atoms with E-state index in [1.165, 1.54) is 11.3 Å². The molecule has 2 amide bonds. The summed E-state index contributed by atoms with van der Waals surface area (Å²) in [5.74, 6) is -0.338. The number of benzene rings is 2. The van der Waals surface area contributed by atoms with Crippen molar-refractivity contribution in [3.63, 3.8) is 0 Å². The lowest BCUT2D eigenvalue weighted by Gasteiger charge is -2.14. The fourth-order valence-electron chi connectivity index (χ4n) is 2.74. The Bertz CT molecular complexity index is 978. The van der Waals surface area contributed by atoms with E-state index in [9.17, 15) is 9.59 Å². The Kier molecular flexibility index (Phi) is 7.32. The topological polar surface area (TPSA) is 84.0 Å². The molecule has 0 fully saturated rings. The monoisotopic (exact) mass is 428 g/mol. The number of anilines is 1.